The lowest BCUT2D eigenvalue weighted by Gasteiger charge is -2.50. The van der Waals surface area contributed by atoms with Crippen LogP contribution in [-0.2, 0) is 21.0 Å². The van der Waals surface area contributed by atoms with Gasteiger partial charge in [0.25, 0.3) is 0 Å². The van der Waals surface area contributed by atoms with Gasteiger partial charge < -0.3 is 4.74 Å². The van der Waals surface area contributed by atoms with Crippen molar-refractivity contribution in [2.75, 3.05) is 24.7 Å². The van der Waals surface area contributed by atoms with Gasteiger partial charge in [0.1, 0.15) is 6.10 Å². The molecular formula is C22H25BrN2O4S. The van der Waals surface area contributed by atoms with E-state index in [0.29, 0.717) is 16.5 Å². The fourth-order valence-electron chi connectivity index (χ4n) is 4.44. The van der Waals surface area contributed by atoms with Gasteiger partial charge in [0.05, 0.1) is 10.9 Å². The molecule has 1 N–H and O–H groups in total. The number of carbonyl (C=O) groups is 1. The number of fused-ring (bicyclic) bond motifs is 3. The molecule has 3 fully saturated rings. The summed E-state index contributed by atoms with van der Waals surface area (Å²) in [5, 5.41) is 2.82. The molecule has 30 heavy (non-hydrogen) atoms. The molecule has 0 aliphatic carbocycles. The Bertz CT molecular complexity index is 1000. The maximum atomic E-state index is 12.6. The summed E-state index contributed by atoms with van der Waals surface area (Å²) in [4.78, 5) is 15.3. The van der Waals surface area contributed by atoms with Gasteiger partial charge in [0.2, 0.25) is 0 Å². The Labute approximate surface area is 185 Å². The van der Waals surface area contributed by atoms with E-state index >= 15 is 0 Å². The molecule has 2 atom stereocenters. The van der Waals surface area contributed by atoms with Crippen molar-refractivity contribution in [1.82, 2.24) is 4.90 Å². The molecule has 6 nitrogen and oxygen atoms in total. The molecule has 3 aliphatic rings. The predicted octanol–water partition coefficient (Wildman–Crippen LogP) is 4.11. The topological polar surface area (TPSA) is 75.7 Å². The van der Waals surface area contributed by atoms with Crippen molar-refractivity contribution in [2.24, 2.45) is 5.92 Å². The Kier molecular flexibility index (Phi) is 6.18. The third-order valence-corrected chi connectivity index (χ3v) is 7.67. The first kappa shape index (κ1) is 21.3. The van der Waals surface area contributed by atoms with Crippen molar-refractivity contribution < 1.29 is 17.9 Å². The monoisotopic (exact) mass is 492 g/mol. The maximum absolute atomic E-state index is 12.6. The van der Waals surface area contributed by atoms with E-state index in [4.69, 9.17) is 4.74 Å². The summed E-state index contributed by atoms with van der Waals surface area (Å²) in [7, 11) is -3.21. The van der Waals surface area contributed by atoms with Gasteiger partial charge in [-0.2, -0.15) is 0 Å². The Morgan fingerprint density at radius 3 is 2.33 bits per heavy atom. The minimum Gasteiger partial charge on any atom is -0.444 e. The third-order valence-electron chi connectivity index (χ3n) is 6.02. The number of sulfone groups is 1. The number of rotatable bonds is 5. The lowest BCUT2D eigenvalue weighted by atomic mass is 9.78. The van der Waals surface area contributed by atoms with Crippen LogP contribution in [0.25, 0.3) is 0 Å². The van der Waals surface area contributed by atoms with Crippen LogP contribution in [0.3, 0.4) is 0 Å². The van der Waals surface area contributed by atoms with Gasteiger partial charge in [0.15, 0.2) is 9.84 Å². The van der Waals surface area contributed by atoms with Crippen LogP contribution < -0.4 is 5.32 Å². The van der Waals surface area contributed by atoms with Gasteiger partial charge in [-0.25, -0.2) is 13.2 Å². The molecular weight excluding hydrogens is 468 g/mol. The first-order valence-electron chi connectivity index (χ1n) is 10.1. The number of nitrogens with one attached hydrogen (secondary N) is 1. The molecule has 1 amide bonds. The van der Waals surface area contributed by atoms with Gasteiger partial charge in [-0.1, -0.05) is 28.1 Å². The highest BCUT2D eigenvalue weighted by atomic mass is 79.9. The van der Waals surface area contributed by atoms with Gasteiger partial charge in [-0.05, 0) is 74.3 Å². The van der Waals surface area contributed by atoms with Crippen LogP contribution in [-0.4, -0.2) is 50.9 Å². The van der Waals surface area contributed by atoms with Crippen molar-refractivity contribution >= 4 is 37.5 Å². The van der Waals surface area contributed by atoms with Crippen LogP contribution in [0.2, 0.25) is 0 Å². The Morgan fingerprint density at radius 2 is 1.73 bits per heavy atom. The SMILES string of the molecule is CS(=O)(=O)c1ccc(C[C@@H]2[C@H](OC(=O)Nc3ccc(Br)cc3)C3CCN2CC3)cc1. The van der Waals surface area contributed by atoms with Crippen molar-refractivity contribution in [3.8, 4) is 0 Å². The Morgan fingerprint density at radius 1 is 1.10 bits per heavy atom. The third kappa shape index (κ3) is 4.87. The summed E-state index contributed by atoms with van der Waals surface area (Å²) in [6.07, 6.45) is 3.36. The van der Waals surface area contributed by atoms with Gasteiger partial charge >= 0.3 is 6.09 Å². The minimum atomic E-state index is -3.21. The normalized spacial score (nSPS) is 25.7. The predicted molar refractivity (Wildman–Crippen MR) is 119 cm³/mol. The quantitative estimate of drug-likeness (QED) is 0.679. The van der Waals surface area contributed by atoms with E-state index in [1.165, 1.54) is 6.26 Å². The van der Waals surface area contributed by atoms with Crippen LogP contribution in [0.4, 0.5) is 10.5 Å². The van der Waals surface area contributed by atoms with Crippen molar-refractivity contribution in [3.05, 3.63) is 58.6 Å². The minimum absolute atomic E-state index is 0.0947. The zero-order valence-electron chi connectivity index (χ0n) is 16.8. The van der Waals surface area contributed by atoms with Gasteiger partial charge in [0, 0.05) is 22.3 Å². The highest BCUT2D eigenvalue weighted by molar-refractivity contribution is 9.10. The van der Waals surface area contributed by atoms with E-state index < -0.39 is 15.9 Å². The van der Waals surface area contributed by atoms with E-state index in [1.54, 1.807) is 12.1 Å². The molecule has 0 unspecified atom stereocenters. The smallest absolute Gasteiger partial charge is 0.411 e. The average molecular weight is 493 g/mol. The standard InChI is InChI=1S/C22H25BrN2O4S/c1-30(27,28)19-8-2-15(3-9-19)14-20-21(16-10-12-25(20)13-11-16)29-22(26)24-18-6-4-17(23)5-7-18/h2-9,16,20-21H,10-14H2,1H3,(H,24,26)/t20-,21-/m1/s1. The zero-order valence-corrected chi connectivity index (χ0v) is 19.2. The highest BCUT2D eigenvalue weighted by Gasteiger charge is 2.44. The van der Waals surface area contributed by atoms with Gasteiger partial charge in [-0.3, -0.25) is 10.2 Å². The van der Waals surface area contributed by atoms with E-state index in [0.717, 1.165) is 42.4 Å². The number of benzene rings is 2. The van der Waals surface area contributed by atoms with Crippen LogP contribution in [0.1, 0.15) is 18.4 Å². The Balaban J connectivity index is 1.46. The van der Waals surface area contributed by atoms with E-state index in [9.17, 15) is 13.2 Å². The van der Waals surface area contributed by atoms with Crippen LogP contribution in [0.15, 0.2) is 57.9 Å². The molecule has 5 rings (SSSR count). The molecule has 2 aromatic carbocycles. The van der Waals surface area contributed by atoms with Gasteiger partial charge in [-0.15, -0.1) is 0 Å². The molecule has 0 spiro atoms. The van der Waals surface area contributed by atoms with E-state index in [2.05, 4.69) is 26.1 Å². The number of hydrogen-bond acceptors (Lipinski definition) is 5. The molecule has 3 heterocycles. The second kappa shape index (κ2) is 8.69. The van der Waals surface area contributed by atoms with Crippen LogP contribution in [0.5, 0.6) is 0 Å². The molecule has 3 aliphatic heterocycles. The molecule has 8 heteroatoms. The summed E-state index contributed by atoms with van der Waals surface area (Å²) >= 11 is 3.39. The van der Waals surface area contributed by atoms with E-state index in [1.807, 2.05) is 36.4 Å². The highest BCUT2D eigenvalue weighted by Crippen LogP contribution is 2.36. The largest absolute Gasteiger partial charge is 0.444 e. The molecule has 3 saturated heterocycles. The molecule has 2 bridgehead atoms. The number of hydrogen-bond donors (Lipinski definition) is 1. The fraction of sp³-hybridized carbons (Fsp3) is 0.409. The summed E-state index contributed by atoms with van der Waals surface area (Å²) in [5.41, 5.74) is 1.74. The molecule has 0 aromatic heterocycles. The van der Waals surface area contributed by atoms with Crippen molar-refractivity contribution in [3.63, 3.8) is 0 Å². The second-order valence-corrected chi connectivity index (χ2v) is 11.0. The summed E-state index contributed by atoms with van der Waals surface area (Å²) < 4.78 is 30.3. The zero-order chi connectivity index (χ0) is 21.3. The number of ether oxygens (including phenoxy) is 1. The molecule has 160 valence electrons. The Hall–Kier alpha value is -1.90. The number of nitrogens with zero attached hydrogens (tertiary/aromatic N) is 1. The van der Waals surface area contributed by atoms with E-state index in [-0.39, 0.29) is 12.1 Å². The lowest BCUT2D eigenvalue weighted by Crippen LogP contribution is -2.60. The number of halogens is 1. The fourth-order valence-corrected chi connectivity index (χ4v) is 5.33. The van der Waals surface area contributed by atoms with Crippen molar-refractivity contribution in [1.29, 1.82) is 0 Å². The summed E-state index contributed by atoms with van der Waals surface area (Å²) in [6.45, 7) is 2.01. The number of anilines is 1. The first-order chi connectivity index (χ1) is 14.3. The average Bonchev–Trinajstić information content (AvgIpc) is 2.72. The van der Waals surface area contributed by atoms with Crippen LogP contribution >= 0.6 is 15.9 Å². The second-order valence-electron chi connectivity index (χ2n) is 8.06. The number of piperidine rings is 3. The maximum Gasteiger partial charge on any atom is 0.411 e. The number of carbonyl (C=O) groups excluding carboxylic acids is 1. The summed E-state index contributed by atoms with van der Waals surface area (Å²) in [6, 6.07) is 14.5. The lowest BCUT2D eigenvalue weighted by molar-refractivity contribution is -0.0741. The number of amides is 1. The molecule has 0 saturated carbocycles. The van der Waals surface area contributed by atoms with Crippen molar-refractivity contribution in [2.45, 2.75) is 36.3 Å². The molecule has 2 aromatic rings. The summed E-state index contributed by atoms with van der Waals surface area (Å²) in [5.74, 6) is 0.353. The van der Waals surface area contributed by atoms with Crippen LogP contribution in [0, 0.1) is 5.92 Å². The molecule has 0 radical (unpaired) electrons. The first-order valence-corrected chi connectivity index (χ1v) is 12.7.